The van der Waals surface area contributed by atoms with Crippen molar-refractivity contribution in [1.82, 2.24) is 4.90 Å². The number of aliphatic hydroxyl groups is 1. The van der Waals surface area contributed by atoms with E-state index < -0.39 is 29.2 Å². The molecular weight excluding hydrogens is 309 g/mol. The minimum absolute atomic E-state index is 0.00598. The molecule has 0 radical (unpaired) electrons. The van der Waals surface area contributed by atoms with E-state index in [1.54, 1.807) is 24.3 Å². The molecule has 2 amide bonds. The van der Waals surface area contributed by atoms with Crippen LogP contribution < -0.4 is 5.32 Å². The van der Waals surface area contributed by atoms with E-state index in [0.29, 0.717) is 0 Å². The summed E-state index contributed by atoms with van der Waals surface area (Å²) >= 11 is 0. The van der Waals surface area contributed by atoms with Gasteiger partial charge in [-0.1, -0.05) is 30.3 Å². The fourth-order valence-electron chi connectivity index (χ4n) is 1.99. The Kier molecular flexibility index (Phi) is 5.59. The van der Waals surface area contributed by atoms with E-state index in [-0.39, 0.29) is 19.7 Å². The van der Waals surface area contributed by atoms with Crippen LogP contribution in [0.5, 0.6) is 0 Å². The largest absolute Gasteiger partial charge is 0.395 e. The molecule has 4 nitrogen and oxygen atoms in total. The zero-order valence-corrected chi connectivity index (χ0v) is 12.1. The van der Waals surface area contributed by atoms with Gasteiger partial charge < -0.3 is 15.3 Å². The number of anilines is 1. The Bertz CT molecular complexity index is 681. The highest BCUT2D eigenvalue weighted by atomic mass is 19.2. The number of hydrogen-bond acceptors (Lipinski definition) is 2. The molecule has 0 fully saturated rings. The SMILES string of the molecule is O=C(Nc1ccc(F)c(F)c1F)N(CCO)Cc1ccccc1. The maximum Gasteiger partial charge on any atom is 0.322 e. The summed E-state index contributed by atoms with van der Waals surface area (Å²) in [6, 6.07) is 9.90. The van der Waals surface area contributed by atoms with Gasteiger partial charge in [0.15, 0.2) is 17.5 Å². The summed E-state index contributed by atoms with van der Waals surface area (Å²) in [6.07, 6.45) is 0. The standard InChI is InChI=1S/C16H15F3N2O2/c17-12-6-7-13(15(19)14(12)18)20-16(23)21(8-9-22)10-11-4-2-1-3-5-11/h1-7,22H,8-10H2,(H,20,23). The third-order valence-corrected chi connectivity index (χ3v) is 3.15. The van der Waals surface area contributed by atoms with Crippen molar-refractivity contribution in [3.63, 3.8) is 0 Å². The Morgan fingerprint density at radius 3 is 2.39 bits per heavy atom. The minimum Gasteiger partial charge on any atom is -0.395 e. The van der Waals surface area contributed by atoms with E-state index in [1.165, 1.54) is 4.90 Å². The number of benzene rings is 2. The lowest BCUT2D eigenvalue weighted by Gasteiger charge is -2.22. The lowest BCUT2D eigenvalue weighted by atomic mass is 10.2. The molecule has 7 heteroatoms. The third kappa shape index (κ3) is 4.23. The van der Waals surface area contributed by atoms with E-state index in [1.807, 2.05) is 6.07 Å². The van der Waals surface area contributed by atoms with Gasteiger partial charge in [-0.2, -0.15) is 0 Å². The number of rotatable bonds is 5. The molecule has 0 bridgehead atoms. The van der Waals surface area contributed by atoms with Crippen LogP contribution in [-0.2, 0) is 6.54 Å². The molecule has 2 N–H and O–H groups in total. The molecule has 0 aliphatic rings. The fourth-order valence-corrected chi connectivity index (χ4v) is 1.99. The second-order valence-electron chi connectivity index (χ2n) is 4.78. The predicted molar refractivity (Wildman–Crippen MR) is 79.3 cm³/mol. The summed E-state index contributed by atoms with van der Waals surface area (Å²) in [7, 11) is 0. The van der Waals surface area contributed by atoms with Crippen molar-refractivity contribution in [3.05, 3.63) is 65.5 Å². The number of nitrogens with one attached hydrogen (secondary N) is 1. The Hall–Kier alpha value is -2.54. The normalized spacial score (nSPS) is 10.4. The van der Waals surface area contributed by atoms with Crippen molar-refractivity contribution in [1.29, 1.82) is 0 Å². The molecule has 0 atom stereocenters. The first-order valence-corrected chi connectivity index (χ1v) is 6.87. The molecule has 0 heterocycles. The topological polar surface area (TPSA) is 52.6 Å². The molecule has 0 aromatic heterocycles. The van der Waals surface area contributed by atoms with Crippen molar-refractivity contribution in [3.8, 4) is 0 Å². The van der Waals surface area contributed by atoms with E-state index in [2.05, 4.69) is 5.32 Å². The van der Waals surface area contributed by atoms with Gasteiger partial charge in [0, 0.05) is 13.1 Å². The number of aliphatic hydroxyl groups excluding tert-OH is 1. The molecular formula is C16H15F3N2O2. The van der Waals surface area contributed by atoms with Gasteiger partial charge in [0.1, 0.15) is 0 Å². The number of halogens is 3. The first kappa shape index (κ1) is 16.8. The Morgan fingerprint density at radius 1 is 1.04 bits per heavy atom. The summed E-state index contributed by atoms with van der Waals surface area (Å²) < 4.78 is 39.7. The van der Waals surface area contributed by atoms with E-state index in [0.717, 1.165) is 17.7 Å². The average Bonchev–Trinajstić information content (AvgIpc) is 2.56. The van der Waals surface area contributed by atoms with Crippen LogP contribution >= 0.6 is 0 Å². The van der Waals surface area contributed by atoms with Crippen LogP contribution in [0.2, 0.25) is 0 Å². The summed E-state index contributed by atoms with van der Waals surface area (Å²) in [5, 5.41) is 11.2. The smallest absolute Gasteiger partial charge is 0.322 e. The minimum atomic E-state index is -1.65. The van der Waals surface area contributed by atoms with Crippen LogP contribution in [0.3, 0.4) is 0 Å². The number of amides is 2. The molecule has 2 aromatic rings. The van der Waals surface area contributed by atoms with Crippen LogP contribution in [0, 0.1) is 17.5 Å². The van der Waals surface area contributed by atoms with Crippen LogP contribution in [0.1, 0.15) is 5.56 Å². The van der Waals surface area contributed by atoms with Crippen LogP contribution in [0.4, 0.5) is 23.7 Å². The molecule has 23 heavy (non-hydrogen) atoms. The van der Waals surface area contributed by atoms with Crippen molar-refractivity contribution < 1.29 is 23.1 Å². The van der Waals surface area contributed by atoms with E-state index in [4.69, 9.17) is 5.11 Å². The number of carbonyl (C=O) groups is 1. The summed E-state index contributed by atoms with van der Waals surface area (Å²) in [4.78, 5) is 13.4. The number of carbonyl (C=O) groups excluding carboxylic acids is 1. The maximum absolute atomic E-state index is 13.6. The molecule has 122 valence electrons. The predicted octanol–water partition coefficient (Wildman–Crippen LogP) is 3.13. The molecule has 0 saturated heterocycles. The molecule has 0 aliphatic carbocycles. The van der Waals surface area contributed by atoms with Gasteiger partial charge in [-0.15, -0.1) is 0 Å². The molecule has 2 rings (SSSR count). The summed E-state index contributed by atoms with van der Waals surface area (Å²) in [5.41, 5.74) is 0.340. The Morgan fingerprint density at radius 2 is 1.74 bits per heavy atom. The second-order valence-corrected chi connectivity index (χ2v) is 4.78. The van der Waals surface area contributed by atoms with Crippen LogP contribution in [0.25, 0.3) is 0 Å². The summed E-state index contributed by atoms with van der Waals surface area (Å²) in [5.74, 6) is -4.46. The summed E-state index contributed by atoms with van der Waals surface area (Å²) in [6.45, 7) is -0.106. The van der Waals surface area contributed by atoms with E-state index >= 15 is 0 Å². The average molecular weight is 324 g/mol. The fraction of sp³-hybridized carbons (Fsp3) is 0.188. The third-order valence-electron chi connectivity index (χ3n) is 3.15. The quantitative estimate of drug-likeness (QED) is 0.830. The lowest BCUT2D eigenvalue weighted by molar-refractivity contribution is 0.185. The zero-order valence-electron chi connectivity index (χ0n) is 12.1. The van der Waals surface area contributed by atoms with Crippen molar-refractivity contribution in [2.75, 3.05) is 18.5 Å². The monoisotopic (exact) mass is 324 g/mol. The van der Waals surface area contributed by atoms with Crippen LogP contribution in [-0.4, -0.2) is 29.2 Å². The zero-order chi connectivity index (χ0) is 16.8. The molecule has 0 unspecified atom stereocenters. The van der Waals surface area contributed by atoms with Gasteiger partial charge in [0.25, 0.3) is 0 Å². The molecule has 0 aliphatic heterocycles. The lowest BCUT2D eigenvalue weighted by Crippen LogP contribution is -2.36. The van der Waals surface area contributed by atoms with E-state index in [9.17, 15) is 18.0 Å². The molecule has 0 spiro atoms. The van der Waals surface area contributed by atoms with Gasteiger partial charge in [0.05, 0.1) is 12.3 Å². The highest BCUT2D eigenvalue weighted by Crippen LogP contribution is 2.20. The highest BCUT2D eigenvalue weighted by Gasteiger charge is 2.18. The van der Waals surface area contributed by atoms with Crippen molar-refractivity contribution in [2.45, 2.75) is 6.54 Å². The maximum atomic E-state index is 13.6. The highest BCUT2D eigenvalue weighted by molar-refractivity contribution is 5.89. The van der Waals surface area contributed by atoms with Crippen molar-refractivity contribution >= 4 is 11.7 Å². The van der Waals surface area contributed by atoms with Gasteiger partial charge in [-0.3, -0.25) is 0 Å². The van der Waals surface area contributed by atoms with Gasteiger partial charge in [-0.05, 0) is 17.7 Å². The number of nitrogens with zero attached hydrogens (tertiary/aromatic N) is 1. The van der Waals surface area contributed by atoms with Crippen molar-refractivity contribution in [2.24, 2.45) is 0 Å². The van der Waals surface area contributed by atoms with Gasteiger partial charge in [-0.25, -0.2) is 18.0 Å². The first-order valence-electron chi connectivity index (χ1n) is 6.87. The number of urea groups is 1. The Balaban J connectivity index is 2.14. The first-order chi connectivity index (χ1) is 11.0. The van der Waals surface area contributed by atoms with Gasteiger partial charge >= 0.3 is 6.03 Å². The van der Waals surface area contributed by atoms with Gasteiger partial charge in [0.2, 0.25) is 0 Å². The second kappa shape index (κ2) is 7.64. The molecule has 0 saturated carbocycles. The Labute approximate surface area is 131 Å². The van der Waals surface area contributed by atoms with Crippen LogP contribution in [0.15, 0.2) is 42.5 Å². The number of hydrogen-bond donors (Lipinski definition) is 2. The molecule has 2 aromatic carbocycles.